The normalized spacial score (nSPS) is 24.0. The monoisotopic (exact) mass is 484 g/mol. The van der Waals surface area contributed by atoms with E-state index in [4.69, 9.17) is 4.74 Å². The number of nitrogens with one attached hydrogen (secondary N) is 2. The smallest absolute Gasteiger partial charge is 0.407 e. The molecule has 3 aliphatic rings. The van der Waals surface area contributed by atoms with Crippen molar-refractivity contribution in [2.45, 2.75) is 37.1 Å². The summed E-state index contributed by atoms with van der Waals surface area (Å²) in [5.74, 6) is -5.99. The molecule has 184 valence electrons. The number of carbonyl (C=O) groups excluding carboxylic acids is 2. The number of benzene rings is 2. The first-order chi connectivity index (χ1) is 16.8. The summed E-state index contributed by atoms with van der Waals surface area (Å²) in [6.07, 6.45) is -0.845. The van der Waals surface area contributed by atoms with Crippen LogP contribution in [0.4, 0.5) is 13.6 Å². The largest absolute Gasteiger partial charge is 0.481 e. The first kappa shape index (κ1) is 23.3. The molecule has 2 saturated carbocycles. The number of hydrogen-bond acceptors (Lipinski definition) is 4. The Kier molecular flexibility index (Phi) is 5.94. The fourth-order valence-corrected chi connectivity index (χ4v) is 5.62. The second kappa shape index (κ2) is 8.94. The lowest BCUT2D eigenvalue weighted by Gasteiger charge is -2.20. The van der Waals surface area contributed by atoms with E-state index in [1.807, 2.05) is 48.5 Å². The van der Waals surface area contributed by atoms with E-state index in [2.05, 4.69) is 10.6 Å². The number of aliphatic carboxylic acids is 1. The number of fused-ring (bicyclic) bond motifs is 4. The van der Waals surface area contributed by atoms with Crippen LogP contribution in [0.1, 0.15) is 36.3 Å². The van der Waals surface area contributed by atoms with Gasteiger partial charge < -0.3 is 20.5 Å². The number of rotatable bonds is 8. The van der Waals surface area contributed by atoms with Crippen LogP contribution in [0.25, 0.3) is 11.1 Å². The molecule has 3 aliphatic carbocycles. The highest BCUT2D eigenvalue weighted by atomic mass is 19.3. The Morgan fingerprint density at radius 2 is 1.57 bits per heavy atom. The van der Waals surface area contributed by atoms with E-state index in [1.165, 1.54) is 0 Å². The Balaban J connectivity index is 1.16. The van der Waals surface area contributed by atoms with Crippen molar-refractivity contribution in [2.24, 2.45) is 17.8 Å². The minimum Gasteiger partial charge on any atom is -0.481 e. The van der Waals surface area contributed by atoms with Crippen LogP contribution in [0, 0.1) is 17.8 Å². The predicted molar refractivity (Wildman–Crippen MR) is 122 cm³/mol. The van der Waals surface area contributed by atoms with Gasteiger partial charge in [-0.2, -0.15) is 0 Å². The van der Waals surface area contributed by atoms with Gasteiger partial charge in [0.05, 0.1) is 6.42 Å². The van der Waals surface area contributed by atoms with Crippen molar-refractivity contribution in [3.05, 3.63) is 59.7 Å². The first-order valence-electron chi connectivity index (χ1n) is 11.7. The summed E-state index contributed by atoms with van der Waals surface area (Å²) in [7, 11) is 0. The third kappa shape index (κ3) is 4.47. The molecule has 3 atom stereocenters. The van der Waals surface area contributed by atoms with E-state index in [9.17, 15) is 28.3 Å². The number of alkyl carbamates (subject to hydrolysis) is 1. The van der Waals surface area contributed by atoms with Gasteiger partial charge in [0, 0.05) is 24.3 Å². The zero-order chi connectivity index (χ0) is 24.7. The van der Waals surface area contributed by atoms with Crippen molar-refractivity contribution in [2.75, 3.05) is 13.2 Å². The first-order valence-corrected chi connectivity index (χ1v) is 11.7. The molecule has 0 aromatic heterocycles. The molecule has 2 amide bonds. The molecule has 2 aromatic carbocycles. The van der Waals surface area contributed by atoms with E-state index in [0.717, 1.165) is 22.3 Å². The van der Waals surface area contributed by atoms with Crippen molar-refractivity contribution in [1.29, 1.82) is 0 Å². The highest BCUT2D eigenvalue weighted by Gasteiger charge is 2.71. The number of alkyl halides is 2. The number of carboxylic acid groups (broad SMARTS) is 1. The molecule has 0 heterocycles. The molecule has 5 rings (SSSR count). The number of carbonyl (C=O) groups is 3. The second-order valence-corrected chi connectivity index (χ2v) is 9.59. The lowest BCUT2D eigenvalue weighted by Crippen LogP contribution is -2.49. The minimum absolute atomic E-state index is 0.0281. The molecule has 0 spiro atoms. The average molecular weight is 484 g/mol. The van der Waals surface area contributed by atoms with Gasteiger partial charge in [-0.3, -0.25) is 9.59 Å². The van der Waals surface area contributed by atoms with E-state index in [0.29, 0.717) is 12.8 Å². The topological polar surface area (TPSA) is 105 Å². The fourth-order valence-electron chi connectivity index (χ4n) is 5.62. The lowest BCUT2D eigenvalue weighted by molar-refractivity contribution is -0.139. The van der Waals surface area contributed by atoms with Gasteiger partial charge in [-0.05, 0) is 41.0 Å². The zero-order valence-corrected chi connectivity index (χ0v) is 18.9. The second-order valence-electron chi connectivity index (χ2n) is 9.59. The summed E-state index contributed by atoms with van der Waals surface area (Å²) >= 11 is 0. The summed E-state index contributed by atoms with van der Waals surface area (Å²) in [5.41, 5.74) is 4.20. The average Bonchev–Trinajstić information content (AvgIpc) is 3.18. The molecule has 0 radical (unpaired) electrons. The van der Waals surface area contributed by atoms with Gasteiger partial charge in [0.25, 0.3) is 5.92 Å². The predicted octanol–water partition coefficient (Wildman–Crippen LogP) is 3.78. The number of carboxylic acids is 1. The van der Waals surface area contributed by atoms with Crippen LogP contribution in [0.15, 0.2) is 48.5 Å². The Morgan fingerprint density at radius 1 is 1.00 bits per heavy atom. The van der Waals surface area contributed by atoms with Crippen molar-refractivity contribution >= 4 is 18.0 Å². The Bertz CT molecular complexity index is 1110. The summed E-state index contributed by atoms with van der Waals surface area (Å²) in [5, 5.41) is 14.2. The quantitative estimate of drug-likeness (QED) is 0.529. The van der Waals surface area contributed by atoms with Gasteiger partial charge in [-0.1, -0.05) is 48.5 Å². The van der Waals surface area contributed by atoms with E-state index in [1.54, 1.807) is 0 Å². The van der Waals surface area contributed by atoms with Gasteiger partial charge >= 0.3 is 12.1 Å². The van der Waals surface area contributed by atoms with Crippen LogP contribution < -0.4 is 10.6 Å². The highest BCUT2D eigenvalue weighted by molar-refractivity contribution is 5.89. The third-order valence-electron chi connectivity index (χ3n) is 7.44. The Morgan fingerprint density at radius 3 is 2.14 bits per heavy atom. The Labute approximate surface area is 200 Å². The maximum Gasteiger partial charge on any atom is 0.407 e. The number of amides is 2. The SMILES string of the molecule is O=C(O)CC(NC(=O)OCC1c2ccccc2-c2ccccc21)C(=O)NCC1CC2C(C1)C2(F)F. The van der Waals surface area contributed by atoms with Crippen LogP contribution >= 0.6 is 0 Å². The molecule has 35 heavy (non-hydrogen) atoms. The summed E-state index contributed by atoms with van der Waals surface area (Å²) < 4.78 is 32.1. The van der Waals surface area contributed by atoms with Crippen molar-refractivity contribution in [3.8, 4) is 11.1 Å². The van der Waals surface area contributed by atoms with Gasteiger partial charge in [0.1, 0.15) is 12.6 Å². The lowest BCUT2D eigenvalue weighted by atomic mass is 9.98. The van der Waals surface area contributed by atoms with Crippen molar-refractivity contribution in [1.82, 2.24) is 10.6 Å². The standard InChI is InChI=1S/C26H26F2N2O5/c27-26(28)20-9-14(10-21(20)26)12-29-24(33)22(11-23(31)32)30-25(34)35-13-19-17-7-3-1-5-15(17)16-6-2-4-8-18(16)19/h1-8,14,19-22H,9-13H2,(H,29,33)(H,30,34)(H,31,32). The summed E-state index contributed by atoms with van der Waals surface area (Å²) in [6, 6.07) is 14.4. The summed E-state index contributed by atoms with van der Waals surface area (Å²) in [4.78, 5) is 36.4. The maximum atomic E-state index is 13.4. The molecule has 3 unspecified atom stereocenters. The molecular formula is C26H26F2N2O5. The van der Waals surface area contributed by atoms with E-state index < -0.39 is 48.2 Å². The van der Waals surface area contributed by atoms with Crippen LogP contribution in [-0.2, 0) is 14.3 Å². The minimum atomic E-state index is -2.59. The van der Waals surface area contributed by atoms with Crippen LogP contribution in [0.3, 0.4) is 0 Å². The van der Waals surface area contributed by atoms with E-state index in [-0.39, 0.29) is 25.0 Å². The molecule has 0 aliphatic heterocycles. The van der Waals surface area contributed by atoms with Crippen LogP contribution in [-0.4, -0.2) is 48.2 Å². The van der Waals surface area contributed by atoms with E-state index >= 15 is 0 Å². The van der Waals surface area contributed by atoms with Crippen LogP contribution in [0.5, 0.6) is 0 Å². The number of hydrogen-bond donors (Lipinski definition) is 3. The van der Waals surface area contributed by atoms with Gasteiger partial charge in [-0.15, -0.1) is 0 Å². The fraction of sp³-hybridized carbons (Fsp3) is 0.423. The van der Waals surface area contributed by atoms with Gasteiger partial charge in [0.15, 0.2) is 0 Å². The van der Waals surface area contributed by atoms with Crippen LogP contribution in [0.2, 0.25) is 0 Å². The molecule has 7 nitrogen and oxygen atoms in total. The van der Waals surface area contributed by atoms with Crippen molar-refractivity contribution < 1.29 is 33.0 Å². The number of ether oxygens (including phenoxy) is 1. The molecule has 0 bridgehead atoms. The molecule has 2 fully saturated rings. The summed E-state index contributed by atoms with van der Waals surface area (Å²) in [6.45, 7) is 0.199. The molecule has 9 heteroatoms. The molecule has 0 saturated heterocycles. The number of halogens is 2. The Hall–Kier alpha value is -3.49. The third-order valence-corrected chi connectivity index (χ3v) is 7.44. The highest BCUT2D eigenvalue weighted by Crippen LogP contribution is 2.65. The van der Waals surface area contributed by atoms with Gasteiger partial charge in [-0.25, -0.2) is 13.6 Å². The zero-order valence-electron chi connectivity index (χ0n) is 18.9. The molecule has 2 aromatic rings. The molecular weight excluding hydrogens is 458 g/mol. The maximum absolute atomic E-state index is 13.4. The van der Waals surface area contributed by atoms with Gasteiger partial charge in [0.2, 0.25) is 5.91 Å². The van der Waals surface area contributed by atoms with Crippen molar-refractivity contribution in [3.63, 3.8) is 0 Å². The molecule has 3 N–H and O–H groups in total.